The molecule has 0 spiro atoms. The molecular formula is C26H26N7O+. The first kappa shape index (κ1) is 20.7. The van der Waals surface area contributed by atoms with Crippen molar-refractivity contribution in [1.82, 2.24) is 9.97 Å². The standard InChI is InChI=1S/C26H25N7O/c27-33-13-12-29-16-23(33)24(32-25(33)22-14-19-4-1-2-6-21(19)31-22)17-7-9-18(10-8-17)26(34)30-20-5-3-11-28-15-20/h1-6,11-18H,7-10,27H2,(H-,29,30,31,32,34)/p+1. The van der Waals surface area contributed by atoms with Crippen molar-refractivity contribution >= 4 is 34.5 Å². The number of benzene rings is 1. The Bertz CT molecular complexity index is 1340. The number of quaternary nitrogens is 1. The van der Waals surface area contributed by atoms with Crippen molar-refractivity contribution in [2.45, 2.75) is 25.7 Å². The molecule has 0 radical (unpaired) electrons. The van der Waals surface area contributed by atoms with Crippen LogP contribution in [0.1, 0.15) is 31.4 Å². The molecule has 6 rings (SSSR count). The summed E-state index contributed by atoms with van der Waals surface area (Å²) >= 11 is 0. The van der Waals surface area contributed by atoms with Crippen LogP contribution < -0.4 is 11.2 Å². The molecule has 34 heavy (non-hydrogen) atoms. The Labute approximate surface area is 197 Å². The largest absolute Gasteiger partial charge is 0.349 e. The third-order valence-electron chi connectivity index (χ3n) is 7.01. The van der Waals surface area contributed by atoms with E-state index in [0.29, 0.717) is 0 Å². The van der Waals surface area contributed by atoms with Crippen molar-refractivity contribution in [3.63, 3.8) is 0 Å². The molecule has 4 heterocycles. The van der Waals surface area contributed by atoms with E-state index >= 15 is 0 Å². The monoisotopic (exact) mass is 452 g/mol. The van der Waals surface area contributed by atoms with Crippen molar-refractivity contribution in [3.05, 3.63) is 84.3 Å². The first-order valence-corrected chi connectivity index (χ1v) is 11.6. The SMILES string of the molecule is N[N+]12C=CN=CC1=C(C1CCC(C(=O)Nc3cccnc3)CC1)N=C2c1cc2ccccc2[nH]1. The molecular weight excluding hydrogens is 426 g/mol. The Morgan fingerprint density at radius 3 is 2.76 bits per heavy atom. The van der Waals surface area contributed by atoms with Gasteiger partial charge in [0.1, 0.15) is 17.6 Å². The van der Waals surface area contributed by atoms with E-state index in [9.17, 15) is 4.79 Å². The number of allylic oxidation sites excluding steroid dienone is 2. The molecule has 1 unspecified atom stereocenters. The molecule has 8 nitrogen and oxygen atoms in total. The van der Waals surface area contributed by atoms with Gasteiger partial charge in [-0.1, -0.05) is 18.2 Å². The molecule has 170 valence electrons. The average Bonchev–Trinajstić information content (AvgIpc) is 3.43. The number of hydrogen-bond acceptors (Lipinski definition) is 5. The lowest BCUT2D eigenvalue weighted by Gasteiger charge is -2.28. The molecule has 1 fully saturated rings. The van der Waals surface area contributed by atoms with E-state index in [4.69, 9.17) is 10.8 Å². The molecule has 1 aliphatic carbocycles. The van der Waals surface area contributed by atoms with Crippen molar-refractivity contribution in [1.29, 1.82) is 0 Å². The van der Waals surface area contributed by atoms with Crippen LogP contribution in [0.3, 0.4) is 0 Å². The van der Waals surface area contributed by atoms with Gasteiger partial charge in [0.15, 0.2) is 0 Å². The lowest BCUT2D eigenvalue weighted by molar-refractivity contribution is -0.750. The fraction of sp³-hybridized carbons (Fsp3) is 0.231. The Balaban J connectivity index is 1.24. The van der Waals surface area contributed by atoms with Crippen LogP contribution in [0.2, 0.25) is 0 Å². The molecule has 4 N–H and O–H groups in total. The molecule has 0 bridgehead atoms. The van der Waals surface area contributed by atoms with E-state index in [0.717, 1.165) is 65.2 Å². The summed E-state index contributed by atoms with van der Waals surface area (Å²) in [5.41, 5.74) is 4.57. The summed E-state index contributed by atoms with van der Waals surface area (Å²) in [6, 6.07) is 13.9. The lowest BCUT2D eigenvalue weighted by Crippen LogP contribution is -2.53. The molecule has 2 aliphatic heterocycles. The van der Waals surface area contributed by atoms with E-state index in [-0.39, 0.29) is 22.3 Å². The number of rotatable bonds is 4. The highest BCUT2D eigenvalue weighted by Gasteiger charge is 2.47. The van der Waals surface area contributed by atoms with Crippen LogP contribution in [0.25, 0.3) is 10.9 Å². The Morgan fingerprint density at radius 2 is 1.97 bits per heavy atom. The number of carbonyl (C=O) groups excluding carboxylic acids is 1. The van der Waals surface area contributed by atoms with Crippen LogP contribution in [0.4, 0.5) is 5.69 Å². The van der Waals surface area contributed by atoms with Crippen LogP contribution in [-0.2, 0) is 4.79 Å². The zero-order valence-corrected chi connectivity index (χ0v) is 18.7. The molecule has 0 saturated heterocycles. The van der Waals surface area contributed by atoms with Gasteiger partial charge >= 0.3 is 0 Å². The van der Waals surface area contributed by atoms with Gasteiger partial charge in [-0.3, -0.25) is 14.8 Å². The Hall–Kier alpha value is -3.88. The third-order valence-corrected chi connectivity index (χ3v) is 7.01. The highest BCUT2D eigenvalue weighted by molar-refractivity contribution is 6.02. The fourth-order valence-electron chi connectivity index (χ4n) is 5.19. The van der Waals surface area contributed by atoms with E-state index < -0.39 is 0 Å². The van der Waals surface area contributed by atoms with Gasteiger partial charge in [0, 0.05) is 28.9 Å². The number of fused-ring (bicyclic) bond motifs is 2. The van der Waals surface area contributed by atoms with Crippen LogP contribution in [0, 0.1) is 11.8 Å². The third kappa shape index (κ3) is 3.48. The van der Waals surface area contributed by atoms with E-state index in [1.165, 1.54) is 0 Å². The number of pyridine rings is 1. The number of carbonyl (C=O) groups is 1. The summed E-state index contributed by atoms with van der Waals surface area (Å²) in [4.78, 5) is 29.8. The molecule has 3 aromatic rings. The number of nitrogens with zero attached hydrogens (tertiary/aromatic N) is 4. The number of amides is 1. The van der Waals surface area contributed by atoms with Crippen molar-refractivity contribution < 1.29 is 9.39 Å². The summed E-state index contributed by atoms with van der Waals surface area (Å²) in [5, 5.41) is 4.11. The van der Waals surface area contributed by atoms with Crippen LogP contribution in [0.5, 0.6) is 0 Å². The van der Waals surface area contributed by atoms with Gasteiger partial charge < -0.3 is 10.3 Å². The summed E-state index contributed by atoms with van der Waals surface area (Å²) in [5.74, 6) is 7.94. The predicted octanol–water partition coefficient (Wildman–Crippen LogP) is 4.23. The first-order chi connectivity index (χ1) is 16.6. The van der Waals surface area contributed by atoms with Gasteiger partial charge in [0.2, 0.25) is 11.6 Å². The number of nitrogens with one attached hydrogen (secondary N) is 2. The average molecular weight is 453 g/mol. The highest BCUT2D eigenvalue weighted by atomic mass is 16.1. The number of amidine groups is 1. The van der Waals surface area contributed by atoms with Gasteiger partial charge in [-0.15, -0.1) is 4.59 Å². The minimum atomic E-state index is -0.0161. The number of aromatic nitrogens is 2. The fourth-order valence-corrected chi connectivity index (χ4v) is 5.19. The highest BCUT2D eigenvalue weighted by Crippen LogP contribution is 2.41. The summed E-state index contributed by atoms with van der Waals surface area (Å²) in [6.45, 7) is 0. The van der Waals surface area contributed by atoms with Gasteiger partial charge in [-0.05, 0) is 49.9 Å². The minimum Gasteiger partial charge on any atom is -0.349 e. The molecule has 8 heteroatoms. The molecule has 1 atom stereocenters. The van der Waals surface area contributed by atoms with Gasteiger partial charge in [-0.2, -0.15) is 10.8 Å². The normalized spacial score (nSPS) is 26.0. The minimum absolute atomic E-state index is 0.00702. The zero-order valence-electron chi connectivity index (χ0n) is 18.7. The van der Waals surface area contributed by atoms with Gasteiger partial charge in [0.25, 0.3) is 5.84 Å². The maximum absolute atomic E-state index is 12.8. The maximum Gasteiger partial charge on any atom is 0.281 e. The molecule has 3 aliphatic rings. The number of anilines is 1. The first-order valence-electron chi connectivity index (χ1n) is 11.6. The predicted molar refractivity (Wildman–Crippen MR) is 132 cm³/mol. The number of para-hydroxylation sites is 1. The number of H-pyrrole nitrogens is 1. The number of aromatic amines is 1. The summed E-state index contributed by atoms with van der Waals surface area (Å²) in [7, 11) is 0. The number of nitrogens with two attached hydrogens (primary N) is 1. The van der Waals surface area contributed by atoms with Crippen molar-refractivity contribution in [2.75, 3.05) is 5.32 Å². The summed E-state index contributed by atoms with van der Waals surface area (Å²) < 4.78 is 0.00702. The van der Waals surface area contributed by atoms with Crippen molar-refractivity contribution in [3.8, 4) is 0 Å². The molecule has 2 aromatic heterocycles. The van der Waals surface area contributed by atoms with Crippen LogP contribution in [0.15, 0.2) is 88.6 Å². The second-order valence-electron chi connectivity index (χ2n) is 9.11. The zero-order chi connectivity index (χ0) is 23.1. The van der Waals surface area contributed by atoms with E-state index in [2.05, 4.69) is 38.5 Å². The maximum atomic E-state index is 12.8. The Kier molecular flexibility index (Phi) is 4.97. The molecule has 1 amide bonds. The molecule has 1 saturated carbocycles. The smallest absolute Gasteiger partial charge is 0.281 e. The lowest BCUT2D eigenvalue weighted by atomic mass is 9.79. The van der Waals surface area contributed by atoms with Crippen LogP contribution in [-0.4, -0.2) is 32.5 Å². The topological polar surface area (TPSA) is 109 Å². The van der Waals surface area contributed by atoms with E-state index in [1.54, 1.807) is 18.6 Å². The second-order valence-corrected chi connectivity index (χ2v) is 9.11. The number of aliphatic imine (C=N–C) groups is 2. The number of hydrogen-bond donors (Lipinski definition) is 3. The van der Waals surface area contributed by atoms with Crippen molar-refractivity contribution in [2.24, 2.45) is 27.7 Å². The molecule has 1 aromatic carbocycles. The van der Waals surface area contributed by atoms with Gasteiger partial charge in [-0.25, -0.2) is 0 Å². The quantitative estimate of drug-likeness (QED) is 0.407. The van der Waals surface area contributed by atoms with E-state index in [1.807, 2.05) is 36.7 Å². The second kappa shape index (κ2) is 8.16. The summed E-state index contributed by atoms with van der Waals surface area (Å²) in [6.07, 6.45) is 12.2. The van der Waals surface area contributed by atoms with Gasteiger partial charge in [0.05, 0.1) is 24.3 Å². The van der Waals surface area contributed by atoms with Crippen LogP contribution >= 0.6 is 0 Å². The Morgan fingerprint density at radius 1 is 1.12 bits per heavy atom.